The van der Waals surface area contributed by atoms with Crippen LogP contribution in [-0.4, -0.2) is 19.2 Å². The Kier molecular flexibility index (Phi) is 2.99. The lowest BCUT2D eigenvalue weighted by molar-refractivity contribution is 0.141. The SMILES string of the molecule is CCOc1ccc(C2CNC(=O)O2)c(C)c1. The second-order valence-electron chi connectivity index (χ2n) is 3.73. The van der Waals surface area contributed by atoms with Gasteiger partial charge in [-0.2, -0.15) is 0 Å². The number of hydrogen-bond donors (Lipinski definition) is 1. The summed E-state index contributed by atoms with van der Waals surface area (Å²) in [7, 11) is 0. The standard InChI is InChI=1S/C12H15NO3/c1-3-15-9-4-5-10(8(2)6-9)11-7-13-12(14)16-11/h4-6,11H,3,7H2,1-2H3,(H,13,14). The van der Waals surface area contributed by atoms with Gasteiger partial charge in [-0.3, -0.25) is 0 Å². The summed E-state index contributed by atoms with van der Waals surface area (Å²) in [5, 5.41) is 2.64. The Labute approximate surface area is 94.6 Å². The maximum atomic E-state index is 10.9. The first-order valence-corrected chi connectivity index (χ1v) is 5.38. The lowest BCUT2D eigenvalue weighted by Crippen LogP contribution is -2.12. The van der Waals surface area contributed by atoms with Gasteiger partial charge >= 0.3 is 6.09 Å². The molecule has 1 atom stereocenters. The van der Waals surface area contributed by atoms with Gasteiger partial charge in [0, 0.05) is 0 Å². The summed E-state index contributed by atoms with van der Waals surface area (Å²) in [6.07, 6.45) is -0.526. The van der Waals surface area contributed by atoms with E-state index in [9.17, 15) is 4.79 Å². The van der Waals surface area contributed by atoms with E-state index in [1.165, 1.54) is 0 Å². The van der Waals surface area contributed by atoms with Gasteiger partial charge in [0.15, 0.2) is 0 Å². The van der Waals surface area contributed by atoms with Crippen molar-refractivity contribution < 1.29 is 14.3 Å². The Morgan fingerprint density at radius 1 is 1.56 bits per heavy atom. The molecule has 1 saturated heterocycles. The molecule has 1 fully saturated rings. The maximum Gasteiger partial charge on any atom is 0.407 e. The van der Waals surface area contributed by atoms with Crippen LogP contribution in [0, 0.1) is 6.92 Å². The van der Waals surface area contributed by atoms with Crippen LogP contribution in [-0.2, 0) is 4.74 Å². The lowest BCUT2D eigenvalue weighted by atomic mass is 10.0. The highest BCUT2D eigenvalue weighted by atomic mass is 16.6. The van der Waals surface area contributed by atoms with Gasteiger partial charge in [-0.25, -0.2) is 4.79 Å². The molecule has 1 aromatic carbocycles. The molecule has 0 aromatic heterocycles. The lowest BCUT2D eigenvalue weighted by Gasteiger charge is -2.12. The van der Waals surface area contributed by atoms with Gasteiger partial charge in [0.2, 0.25) is 0 Å². The summed E-state index contributed by atoms with van der Waals surface area (Å²) < 4.78 is 10.5. The van der Waals surface area contributed by atoms with Gasteiger partial charge in [0.1, 0.15) is 11.9 Å². The minimum absolute atomic E-state index is 0.178. The summed E-state index contributed by atoms with van der Waals surface area (Å²) in [6, 6.07) is 5.81. The highest BCUT2D eigenvalue weighted by Gasteiger charge is 2.25. The van der Waals surface area contributed by atoms with E-state index in [4.69, 9.17) is 9.47 Å². The summed E-state index contributed by atoms with van der Waals surface area (Å²) >= 11 is 0. The molecular weight excluding hydrogens is 206 g/mol. The summed E-state index contributed by atoms with van der Waals surface area (Å²) in [5.41, 5.74) is 2.11. The zero-order valence-corrected chi connectivity index (χ0v) is 9.45. The van der Waals surface area contributed by atoms with E-state index in [1.807, 2.05) is 32.0 Å². The van der Waals surface area contributed by atoms with Gasteiger partial charge in [0.05, 0.1) is 13.2 Å². The molecule has 1 heterocycles. The van der Waals surface area contributed by atoms with Crippen LogP contribution in [0.5, 0.6) is 5.75 Å². The van der Waals surface area contributed by atoms with E-state index in [-0.39, 0.29) is 12.2 Å². The Bertz CT molecular complexity index is 403. The molecule has 0 bridgehead atoms. The Morgan fingerprint density at radius 2 is 2.38 bits per heavy atom. The highest BCUT2D eigenvalue weighted by molar-refractivity contribution is 5.69. The minimum atomic E-state index is -0.349. The molecule has 4 heteroatoms. The summed E-state index contributed by atoms with van der Waals surface area (Å²) in [4.78, 5) is 10.9. The van der Waals surface area contributed by atoms with Crippen molar-refractivity contribution in [3.05, 3.63) is 29.3 Å². The summed E-state index contributed by atoms with van der Waals surface area (Å²) in [5.74, 6) is 0.848. The molecule has 1 aliphatic heterocycles. The van der Waals surface area contributed by atoms with Crippen molar-refractivity contribution >= 4 is 6.09 Å². The highest BCUT2D eigenvalue weighted by Crippen LogP contribution is 2.26. The number of nitrogens with one attached hydrogen (secondary N) is 1. The zero-order chi connectivity index (χ0) is 11.5. The van der Waals surface area contributed by atoms with Crippen molar-refractivity contribution in [1.82, 2.24) is 5.32 Å². The topological polar surface area (TPSA) is 47.6 Å². The fourth-order valence-corrected chi connectivity index (χ4v) is 1.83. The van der Waals surface area contributed by atoms with Crippen LogP contribution in [0.25, 0.3) is 0 Å². The third-order valence-electron chi connectivity index (χ3n) is 2.58. The Morgan fingerprint density at radius 3 is 2.94 bits per heavy atom. The van der Waals surface area contributed by atoms with Crippen LogP contribution in [0.15, 0.2) is 18.2 Å². The molecule has 1 amide bonds. The number of carbonyl (C=O) groups is 1. The molecule has 1 N–H and O–H groups in total. The predicted molar refractivity (Wildman–Crippen MR) is 59.6 cm³/mol. The van der Waals surface area contributed by atoms with Crippen LogP contribution in [0.2, 0.25) is 0 Å². The van der Waals surface area contributed by atoms with E-state index in [0.717, 1.165) is 16.9 Å². The Balaban J connectivity index is 2.19. The third kappa shape index (κ3) is 2.10. The number of alkyl carbamates (subject to hydrolysis) is 1. The van der Waals surface area contributed by atoms with Crippen LogP contribution in [0.4, 0.5) is 4.79 Å². The molecule has 0 radical (unpaired) electrons. The number of aryl methyl sites for hydroxylation is 1. The van der Waals surface area contributed by atoms with Crippen LogP contribution >= 0.6 is 0 Å². The molecule has 0 saturated carbocycles. The van der Waals surface area contributed by atoms with Gasteiger partial charge in [-0.1, -0.05) is 6.07 Å². The molecule has 4 nitrogen and oxygen atoms in total. The predicted octanol–water partition coefficient (Wildman–Crippen LogP) is 2.17. The van der Waals surface area contributed by atoms with Crippen molar-refractivity contribution in [2.24, 2.45) is 0 Å². The van der Waals surface area contributed by atoms with Crippen molar-refractivity contribution in [2.75, 3.05) is 13.2 Å². The van der Waals surface area contributed by atoms with Crippen LogP contribution < -0.4 is 10.1 Å². The molecule has 86 valence electrons. The van der Waals surface area contributed by atoms with Crippen LogP contribution in [0.3, 0.4) is 0 Å². The largest absolute Gasteiger partial charge is 0.494 e. The van der Waals surface area contributed by atoms with Crippen LogP contribution in [0.1, 0.15) is 24.2 Å². The molecule has 0 aliphatic carbocycles. The first-order chi connectivity index (χ1) is 7.70. The number of carbonyl (C=O) groups excluding carboxylic acids is 1. The summed E-state index contributed by atoms with van der Waals surface area (Å²) in [6.45, 7) is 5.13. The molecule has 0 spiro atoms. The van der Waals surface area contributed by atoms with Gasteiger partial charge in [0.25, 0.3) is 0 Å². The second kappa shape index (κ2) is 4.43. The van der Waals surface area contributed by atoms with E-state index in [2.05, 4.69) is 5.32 Å². The van der Waals surface area contributed by atoms with E-state index in [0.29, 0.717) is 13.2 Å². The smallest absolute Gasteiger partial charge is 0.407 e. The average molecular weight is 221 g/mol. The zero-order valence-electron chi connectivity index (χ0n) is 9.45. The van der Waals surface area contributed by atoms with Gasteiger partial charge < -0.3 is 14.8 Å². The molecular formula is C12H15NO3. The maximum absolute atomic E-state index is 10.9. The van der Waals surface area contributed by atoms with Crippen molar-refractivity contribution in [1.29, 1.82) is 0 Å². The Hall–Kier alpha value is -1.71. The molecule has 2 rings (SSSR count). The average Bonchev–Trinajstić information content (AvgIpc) is 2.65. The molecule has 1 aliphatic rings. The number of ether oxygens (including phenoxy) is 2. The number of cyclic esters (lactones) is 1. The third-order valence-corrected chi connectivity index (χ3v) is 2.58. The van der Waals surface area contributed by atoms with E-state index < -0.39 is 0 Å². The number of rotatable bonds is 3. The fraction of sp³-hybridized carbons (Fsp3) is 0.417. The van der Waals surface area contributed by atoms with Crippen molar-refractivity contribution in [2.45, 2.75) is 20.0 Å². The van der Waals surface area contributed by atoms with Gasteiger partial charge in [-0.05, 0) is 37.1 Å². The first-order valence-electron chi connectivity index (χ1n) is 5.38. The fourth-order valence-electron chi connectivity index (χ4n) is 1.83. The number of hydrogen-bond acceptors (Lipinski definition) is 3. The molecule has 1 aromatic rings. The first kappa shape index (κ1) is 10.8. The number of benzene rings is 1. The van der Waals surface area contributed by atoms with Crippen molar-refractivity contribution in [3.8, 4) is 5.75 Å². The van der Waals surface area contributed by atoms with E-state index >= 15 is 0 Å². The number of amides is 1. The normalized spacial score (nSPS) is 19.1. The molecule has 16 heavy (non-hydrogen) atoms. The quantitative estimate of drug-likeness (QED) is 0.851. The minimum Gasteiger partial charge on any atom is -0.494 e. The van der Waals surface area contributed by atoms with Gasteiger partial charge in [-0.15, -0.1) is 0 Å². The van der Waals surface area contributed by atoms with E-state index in [1.54, 1.807) is 0 Å². The monoisotopic (exact) mass is 221 g/mol. The van der Waals surface area contributed by atoms with Crippen molar-refractivity contribution in [3.63, 3.8) is 0 Å². The molecule has 1 unspecified atom stereocenters. The second-order valence-corrected chi connectivity index (χ2v) is 3.73.